The Morgan fingerprint density at radius 1 is 0.923 bits per heavy atom. The van der Waals surface area contributed by atoms with E-state index in [2.05, 4.69) is 6.92 Å². The minimum atomic E-state index is -4.40. The lowest BCUT2D eigenvalue weighted by Gasteiger charge is -2.19. The fourth-order valence-electron chi connectivity index (χ4n) is 2.88. The van der Waals surface area contributed by atoms with Crippen LogP contribution in [0.3, 0.4) is 0 Å². The van der Waals surface area contributed by atoms with Gasteiger partial charge in [0, 0.05) is 0 Å². The van der Waals surface area contributed by atoms with Crippen LogP contribution in [-0.4, -0.2) is 58.0 Å². The van der Waals surface area contributed by atoms with Gasteiger partial charge in [0.05, 0.1) is 13.2 Å². The first kappa shape index (κ1) is 24.0. The van der Waals surface area contributed by atoms with Gasteiger partial charge in [-0.3, -0.25) is 9.05 Å². The van der Waals surface area contributed by atoms with Crippen molar-refractivity contribution in [2.75, 3.05) is 13.2 Å². The first-order valence-corrected chi connectivity index (χ1v) is 11.2. The quantitative estimate of drug-likeness (QED) is 0.245. The Balaban J connectivity index is 2.06. The van der Waals surface area contributed by atoms with E-state index >= 15 is 0 Å². The van der Waals surface area contributed by atoms with Crippen LogP contribution in [0.4, 0.5) is 0 Å². The molecule has 0 aromatic heterocycles. The van der Waals surface area contributed by atoms with Gasteiger partial charge >= 0.3 is 7.82 Å². The molecular formula is C17H35O8P. The highest BCUT2D eigenvalue weighted by molar-refractivity contribution is 7.47. The summed E-state index contributed by atoms with van der Waals surface area (Å²) in [6.07, 6.45) is 5.94. The molecule has 1 fully saturated rings. The molecule has 0 aromatic rings. The third-order valence-corrected chi connectivity index (χ3v) is 5.47. The summed E-state index contributed by atoms with van der Waals surface area (Å²) in [7, 11) is -4.40. The molecule has 9 heteroatoms. The molecule has 0 aliphatic carbocycles. The molecule has 1 aliphatic heterocycles. The Kier molecular flexibility index (Phi) is 12.2. The van der Waals surface area contributed by atoms with Crippen LogP contribution in [0.15, 0.2) is 0 Å². The zero-order valence-corrected chi connectivity index (χ0v) is 16.6. The van der Waals surface area contributed by atoms with Crippen LogP contribution >= 0.6 is 7.82 Å². The monoisotopic (exact) mass is 398 g/mol. The first-order valence-electron chi connectivity index (χ1n) is 9.69. The molecule has 0 amide bonds. The van der Waals surface area contributed by atoms with E-state index in [0.29, 0.717) is 6.42 Å². The molecule has 8 nitrogen and oxygen atoms in total. The largest absolute Gasteiger partial charge is 0.474 e. The number of phosphoric acid groups is 1. The number of ether oxygens (including phenoxy) is 1. The molecule has 0 saturated carbocycles. The van der Waals surface area contributed by atoms with E-state index < -0.39 is 39.0 Å². The van der Waals surface area contributed by atoms with Crippen molar-refractivity contribution in [1.29, 1.82) is 0 Å². The molecule has 1 saturated heterocycles. The molecule has 4 N–H and O–H groups in total. The highest BCUT2D eigenvalue weighted by Crippen LogP contribution is 2.46. The lowest BCUT2D eigenvalue weighted by atomic mass is 10.1. The van der Waals surface area contributed by atoms with E-state index in [9.17, 15) is 19.7 Å². The van der Waals surface area contributed by atoms with E-state index in [0.717, 1.165) is 19.3 Å². The van der Waals surface area contributed by atoms with E-state index in [1.165, 1.54) is 38.5 Å². The maximum Gasteiger partial charge on any atom is 0.474 e. The summed E-state index contributed by atoms with van der Waals surface area (Å²) in [6, 6.07) is 0. The Morgan fingerprint density at radius 2 is 1.46 bits per heavy atom. The summed E-state index contributed by atoms with van der Waals surface area (Å²) in [6.45, 7) is 1.74. The van der Waals surface area contributed by atoms with Crippen molar-refractivity contribution >= 4 is 7.82 Å². The van der Waals surface area contributed by atoms with E-state index in [-0.39, 0.29) is 6.61 Å². The minimum absolute atomic E-state index is 0.0685. The second kappa shape index (κ2) is 13.2. The van der Waals surface area contributed by atoms with Gasteiger partial charge in [0.25, 0.3) is 0 Å². The lowest BCUT2D eigenvalue weighted by molar-refractivity contribution is -0.128. The Labute approximate surface area is 156 Å². The molecule has 1 aliphatic rings. The van der Waals surface area contributed by atoms with Crippen molar-refractivity contribution in [2.45, 2.75) is 95.7 Å². The number of aliphatic hydroxyl groups is 3. The molecule has 1 heterocycles. The third kappa shape index (κ3) is 9.24. The van der Waals surface area contributed by atoms with Crippen LogP contribution in [0.25, 0.3) is 0 Å². The van der Waals surface area contributed by atoms with E-state index in [4.69, 9.17) is 18.9 Å². The predicted molar refractivity (Wildman–Crippen MR) is 96.5 cm³/mol. The van der Waals surface area contributed by atoms with E-state index in [1.54, 1.807) is 0 Å². The summed E-state index contributed by atoms with van der Waals surface area (Å²) in [5.74, 6) is 0. The van der Waals surface area contributed by atoms with Crippen LogP contribution in [0, 0.1) is 0 Å². The molecule has 5 atom stereocenters. The molecule has 26 heavy (non-hydrogen) atoms. The smallest absolute Gasteiger partial charge is 0.394 e. The second-order valence-electron chi connectivity index (χ2n) is 6.80. The van der Waals surface area contributed by atoms with Crippen LogP contribution in [-0.2, 0) is 18.3 Å². The number of hydrogen-bond acceptors (Lipinski definition) is 7. The first-order chi connectivity index (χ1) is 12.4. The summed E-state index contributed by atoms with van der Waals surface area (Å²) in [4.78, 5) is 9.66. The average Bonchev–Trinajstić information content (AvgIpc) is 2.87. The van der Waals surface area contributed by atoms with Gasteiger partial charge in [0.15, 0.2) is 6.29 Å². The highest BCUT2D eigenvalue weighted by atomic mass is 31.2. The summed E-state index contributed by atoms with van der Waals surface area (Å²) in [5.41, 5.74) is 0. The second-order valence-corrected chi connectivity index (χ2v) is 8.20. The van der Waals surface area contributed by atoms with Crippen LogP contribution < -0.4 is 0 Å². The van der Waals surface area contributed by atoms with Gasteiger partial charge in [-0.1, -0.05) is 64.7 Å². The van der Waals surface area contributed by atoms with Gasteiger partial charge in [-0.15, -0.1) is 0 Å². The number of phosphoric ester groups is 1. The van der Waals surface area contributed by atoms with Gasteiger partial charge in [-0.2, -0.15) is 0 Å². The molecule has 0 radical (unpaired) electrons. The zero-order valence-electron chi connectivity index (χ0n) is 15.7. The lowest BCUT2D eigenvalue weighted by Crippen LogP contribution is -2.34. The maximum atomic E-state index is 11.9. The minimum Gasteiger partial charge on any atom is -0.394 e. The topological polar surface area (TPSA) is 126 Å². The predicted octanol–water partition coefficient (Wildman–Crippen LogP) is 2.48. The number of rotatable bonds is 15. The number of unbranched alkanes of at least 4 members (excludes halogenated alkanes) is 9. The van der Waals surface area contributed by atoms with Gasteiger partial charge < -0.3 is 24.9 Å². The molecule has 0 bridgehead atoms. The van der Waals surface area contributed by atoms with Crippen molar-refractivity contribution in [3.05, 3.63) is 0 Å². The fourth-order valence-corrected chi connectivity index (χ4v) is 3.74. The summed E-state index contributed by atoms with van der Waals surface area (Å²) < 4.78 is 26.5. The van der Waals surface area contributed by atoms with Gasteiger partial charge in [-0.25, -0.2) is 4.57 Å². The maximum absolute atomic E-state index is 11.9. The average molecular weight is 398 g/mol. The van der Waals surface area contributed by atoms with Crippen LogP contribution in [0.5, 0.6) is 0 Å². The molecule has 1 rings (SSSR count). The third-order valence-electron chi connectivity index (χ3n) is 4.49. The Bertz CT molecular complexity index is 408. The highest BCUT2D eigenvalue weighted by Gasteiger charge is 2.46. The van der Waals surface area contributed by atoms with Gasteiger partial charge in [0.1, 0.15) is 18.3 Å². The van der Waals surface area contributed by atoms with Crippen molar-refractivity contribution in [2.24, 2.45) is 0 Å². The molecular weight excluding hydrogens is 363 g/mol. The number of aliphatic hydroxyl groups excluding tert-OH is 3. The zero-order chi connectivity index (χ0) is 19.4. The molecule has 1 unspecified atom stereocenters. The Morgan fingerprint density at radius 3 is 1.96 bits per heavy atom. The van der Waals surface area contributed by atoms with Crippen molar-refractivity contribution in [3.8, 4) is 0 Å². The Hall–Kier alpha value is -0.0500. The molecule has 0 aromatic carbocycles. The standard InChI is InChI=1S/C17H35O8P/c1-2-3-4-5-6-7-8-9-10-11-12-23-26(21,22)25-17-16(20)15(19)14(13-18)24-17/h14-20H,2-13H2,1H3,(H,21,22)/t14-,15-,16+,17+/m1/s1. The van der Waals surface area contributed by atoms with Crippen molar-refractivity contribution in [3.63, 3.8) is 0 Å². The van der Waals surface area contributed by atoms with Crippen LogP contribution in [0.2, 0.25) is 0 Å². The van der Waals surface area contributed by atoms with E-state index in [1.807, 2.05) is 0 Å². The normalized spacial score (nSPS) is 28.3. The summed E-state index contributed by atoms with van der Waals surface area (Å²) >= 11 is 0. The van der Waals surface area contributed by atoms with Crippen LogP contribution in [0.1, 0.15) is 71.1 Å². The fraction of sp³-hybridized carbons (Fsp3) is 1.00. The molecule has 0 spiro atoms. The SMILES string of the molecule is CCCCCCCCCCCCOP(=O)(O)O[C@@H]1O[C@H](CO)[C@@H](O)[C@@H]1O. The van der Waals surface area contributed by atoms with Gasteiger partial charge in [-0.05, 0) is 6.42 Å². The van der Waals surface area contributed by atoms with Crippen molar-refractivity contribution < 1.29 is 38.6 Å². The van der Waals surface area contributed by atoms with Crippen molar-refractivity contribution in [1.82, 2.24) is 0 Å². The summed E-state index contributed by atoms with van der Waals surface area (Å²) in [5, 5.41) is 28.2. The van der Waals surface area contributed by atoms with Gasteiger partial charge in [0.2, 0.25) is 0 Å². The molecule has 156 valence electrons. The number of hydrogen-bond donors (Lipinski definition) is 4.